The molecule has 0 heterocycles. The maximum absolute atomic E-state index is 12.6. The summed E-state index contributed by atoms with van der Waals surface area (Å²) in [5, 5.41) is 23.0. The van der Waals surface area contributed by atoms with Crippen LogP contribution in [0.1, 0.15) is 36.1 Å². The van der Waals surface area contributed by atoms with Crippen LogP contribution in [0, 0.1) is 5.92 Å². The van der Waals surface area contributed by atoms with Crippen molar-refractivity contribution < 1.29 is 19.8 Å². The Kier molecular flexibility index (Phi) is 9.12. The van der Waals surface area contributed by atoms with Crippen molar-refractivity contribution in [3.05, 3.63) is 70.2 Å². The molecule has 7 heteroatoms. The molecule has 156 valence electrons. The number of nitrogens with zero attached hydrogens (tertiary/aromatic N) is 1. The van der Waals surface area contributed by atoms with Crippen molar-refractivity contribution in [1.82, 2.24) is 0 Å². The van der Waals surface area contributed by atoms with Crippen LogP contribution in [0.5, 0.6) is 0 Å². The van der Waals surface area contributed by atoms with Gasteiger partial charge in [-0.15, -0.1) is 0 Å². The van der Waals surface area contributed by atoms with Crippen LogP contribution < -0.4 is 5.73 Å². The quantitative estimate of drug-likeness (QED) is 0.225. The number of ketones is 1. The van der Waals surface area contributed by atoms with Crippen molar-refractivity contribution in [2.45, 2.75) is 32.3 Å². The molecule has 4 N–H and O–H groups in total. The molecule has 0 amide bonds. The van der Waals surface area contributed by atoms with Gasteiger partial charge >= 0.3 is 0 Å². The lowest BCUT2D eigenvalue weighted by Crippen LogP contribution is -2.29. The highest BCUT2D eigenvalue weighted by Crippen LogP contribution is 2.19. The summed E-state index contributed by atoms with van der Waals surface area (Å²) in [6.07, 6.45) is 0.446. The Morgan fingerprint density at radius 2 is 1.76 bits per heavy atom. The van der Waals surface area contributed by atoms with Crippen LogP contribution >= 0.6 is 11.6 Å². The second-order valence-corrected chi connectivity index (χ2v) is 7.37. The normalized spacial score (nSPS) is 13.7. The molecule has 0 radical (unpaired) electrons. The van der Waals surface area contributed by atoms with Gasteiger partial charge in [-0.3, -0.25) is 4.79 Å². The van der Waals surface area contributed by atoms with Crippen molar-refractivity contribution in [2.24, 2.45) is 16.8 Å². The van der Waals surface area contributed by atoms with Gasteiger partial charge in [-0.2, -0.15) is 0 Å². The number of Topliss-reactive ketones (excluding diaryl/α,β-unsaturated/α-hetero) is 1. The largest absolute Gasteiger partial charge is 0.393 e. The molecule has 0 fully saturated rings. The molecule has 0 saturated carbocycles. The van der Waals surface area contributed by atoms with Crippen molar-refractivity contribution in [3.63, 3.8) is 0 Å². The van der Waals surface area contributed by atoms with Gasteiger partial charge < -0.3 is 20.8 Å². The number of amidine groups is 1. The van der Waals surface area contributed by atoms with Gasteiger partial charge in [0.25, 0.3) is 0 Å². The molecule has 2 aromatic rings. The summed E-state index contributed by atoms with van der Waals surface area (Å²) in [6, 6.07) is 14.7. The highest BCUT2D eigenvalue weighted by atomic mass is 35.5. The van der Waals surface area contributed by atoms with Crippen molar-refractivity contribution in [2.75, 3.05) is 13.2 Å². The second-order valence-electron chi connectivity index (χ2n) is 6.94. The minimum atomic E-state index is -0.542. The van der Waals surface area contributed by atoms with Gasteiger partial charge in [0.1, 0.15) is 18.2 Å². The smallest absolute Gasteiger partial charge is 0.143 e. The van der Waals surface area contributed by atoms with Crippen molar-refractivity contribution >= 4 is 23.2 Å². The lowest BCUT2D eigenvalue weighted by molar-refractivity contribution is -0.118. The van der Waals surface area contributed by atoms with Gasteiger partial charge in [-0.25, -0.2) is 0 Å². The third-order valence-corrected chi connectivity index (χ3v) is 4.76. The summed E-state index contributed by atoms with van der Waals surface area (Å²) in [6.45, 7) is 1.57. The molecule has 0 saturated heterocycles. The maximum Gasteiger partial charge on any atom is 0.143 e. The fourth-order valence-electron chi connectivity index (χ4n) is 2.91. The minimum absolute atomic E-state index is 0.0261. The number of carbonyl (C=O) groups excluding carboxylic acids is 1. The first kappa shape index (κ1) is 22.9. The third kappa shape index (κ3) is 7.85. The van der Waals surface area contributed by atoms with Gasteiger partial charge in [0.05, 0.1) is 12.7 Å². The second kappa shape index (κ2) is 11.6. The van der Waals surface area contributed by atoms with E-state index >= 15 is 0 Å². The predicted molar refractivity (Wildman–Crippen MR) is 114 cm³/mol. The Morgan fingerprint density at radius 1 is 1.14 bits per heavy atom. The highest BCUT2D eigenvalue weighted by Gasteiger charge is 2.20. The summed E-state index contributed by atoms with van der Waals surface area (Å²) < 4.78 is 0. The number of oxime groups is 1. The van der Waals surface area contributed by atoms with Crippen LogP contribution in [0.3, 0.4) is 0 Å². The zero-order valence-electron chi connectivity index (χ0n) is 16.4. The first-order valence-electron chi connectivity index (χ1n) is 9.48. The fraction of sp³-hybridized carbons (Fsp3) is 0.364. The van der Waals surface area contributed by atoms with Gasteiger partial charge in [-0.1, -0.05) is 53.2 Å². The first-order valence-corrected chi connectivity index (χ1v) is 9.86. The fourth-order valence-corrected chi connectivity index (χ4v) is 3.04. The summed E-state index contributed by atoms with van der Waals surface area (Å²) >= 11 is 5.89. The summed E-state index contributed by atoms with van der Waals surface area (Å²) in [4.78, 5) is 17.6. The molecular formula is C22H27ClN2O4. The molecular weight excluding hydrogens is 392 g/mol. The van der Waals surface area contributed by atoms with Crippen LogP contribution in [-0.2, 0) is 22.5 Å². The number of aliphatic hydroxyl groups is 2. The predicted octanol–water partition coefficient (Wildman–Crippen LogP) is 3.04. The lowest BCUT2D eigenvalue weighted by atomic mass is 9.91. The Bertz CT molecular complexity index is 805. The number of aliphatic hydroxyl groups excluding tert-OH is 2. The molecule has 0 aromatic heterocycles. The van der Waals surface area contributed by atoms with E-state index in [1.165, 1.54) is 0 Å². The highest BCUT2D eigenvalue weighted by molar-refractivity contribution is 6.30. The number of carbonyl (C=O) groups is 1. The lowest BCUT2D eigenvalue weighted by Gasteiger charge is -2.16. The van der Waals surface area contributed by atoms with E-state index in [2.05, 4.69) is 5.16 Å². The van der Waals surface area contributed by atoms with E-state index in [1.807, 2.05) is 36.4 Å². The van der Waals surface area contributed by atoms with E-state index in [-0.39, 0.29) is 43.6 Å². The average Bonchev–Trinajstić information content (AvgIpc) is 2.69. The number of hydrogen-bond donors (Lipinski definition) is 3. The van der Waals surface area contributed by atoms with Gasteiger partial charge in [0.15, 0.2) is 0 Å². The van der Waals surface area contributed by atoms with E-state index in [9.17, 15) is 9.90 Å². The first-order chi connectivity index (χ1) is 13.9. The Balaban J connectivity index is 2.09. The molecule has 1 unspecified atom stereocenters. The van der Waals surface area contributed by atoms with E-state index in [4.69, 9.17) is 27.3 Å². The standard InChI is InChI=1S/C22H27ClN2O4/c1-15(27)18-6-2-16(3-7-18)12-19(22(24)25-29-11-10-26)14-21(28)13-17-4-8-20(23)9-5-17/h2-9,15,19,26-27H,10-14H2,1H3,(H2,24,25)/t15?,19-/m1/s1. The molecule has 0 bridgehead atoms. The Morgan fingerprint density at radius 3 is 2.34 bits per heavy atom. The molecule has 29 heavy (non-hydrogen) atoms. The van der Waals surface area contributed by atoms with E-state index in [0.29, 0.717) is 11.4 Å². The zero-order valence-corrected chi connectivity index (χ0v) is 17.2. The summed E-state index contributed by atoms with van der Waals surface area (Å²) in [5.41, 5.74) is 8.75. The number of halogens is 1. The van der Waals surface area contributed by atoms with Gasteiger partial charge in [0, 0.05) is 23.8 Å². The maximum atomic E-state index is 12.6. The zero-order chi connectivity index (χ0) is 21.2. The number of nitrogens with two attached hydrogens (primary N) is 1. The minimum Gasteiger partial charge on any atom is -0.393 e. The number of hydrogen-bond acceptors (Lipinski definition) is 5. The van der Waals surface area contributed by atoms with Crippen LogP contribution in [0.4, 0.5) is 0 Å². The van der Waals surface area contributed by atoms with Gasteiger partial charge in [0.2, 0.25) is 0 Å². The van der Waals surface area contributed by atoms with Crippen molar-refractivity contribution in [3.8, 4) is 0 Å². The number of rotatable bonds is 11. The average molecular weight is 419 g/mol. The molecule has 0 spiro atoms. The molecule has 2 atom stereocenters. The van der Waals surface area contributed by atoms with E-state index in [1.54, 1.807) is 19.1 Å². The summed E-state index contributed by atoms with van der Waals surface area (Å²) in [7, 11) is 0. The van der Waals surface area contributed by atoms with Crippen LogP contribution in [-0.4, -0.2) is 35.0 Å². The topological polar surface area (TPSA) is 105 Å². The SMILES string of the molecule is CC(O)c1ccc(C[C@H](CC(=O)Cc2ccc(Cl)cc2)/C(N)=N/OCCO)cc1. The monoisotopic (exact) mass is 418 g/mol. The van der Waals surface area contributed by atoms with Crippen LogP contribution in [0.25, 0.3) is 0 Å². The van der Waals surface area contributed by atoms with Crippen LogP contribution in [0.2, 0.25) is 5.02 Å². The number of benzene rings is 2. The van der Waals surface area contributed by atoms with Crippen molar-refractivity contribution in [1.29, 1.82) is 0 Å². The van der Waals surface area contributed by atoms with E-state index in [0.717, 1.165) is 16.7 Å². The molecule has 2 aromatic carbocycles. The molecule has 0 aliphatic carbocycles. The molecule has 6 nitrogen and oxygen atoms in total. The van der Waals surface area contributed by atoms with Crippen LogP contribution in [0.15, 0.2) is 53.7 Å². The molecule has 0 aliphatic heterocycles. The third-order valence-electron chi connectivity index (χ3n) is 4.50. The molecule has 2 rings (SSSR count). The molecule has 0 aliphatic rings. The van der Waals surface area contributed by atoms with Gasteiger partial charge in [-0.05, 0) is 42.2 Å². The Hall–Kier alpha value is -2.41. The Labute approximate surface area is 175 Å². The summed E-state index contributed by atoms with van der Waals surface area (Å²) in [5.74, 6) is -0.105. The van der Waals surface area contributed by atoms with E-state index < -0.39 is 6.10 Å².